The van der Waals surface area contributed by atoms with Gasteiger partial charge in [-0.1, -0.05) is 30.3 Å². The van der Waals surface area contributed by atoms with Crippen LogP contribution < -0.4 is 22.3 Å². The molecule has 172 valence electrons. The van der Waals surface area contributed by atoms with Crippen LogP contribution in [0.3, 0.4) is 0 Å². The van der Waals surface area contributed by atoms with Gasteiger partial charge in [0.05, 0.1) is 5.56 Å². The molecule has 0 fully saturated rings. The summed E-state index contributed by atoms with van der Waals surface area (Å²) in [5.41, 5.74) is 1.49. The summed E-state index contributed by atoms with van der Waals surface area (Å²) in [5, 5.41) is 1.60. The van der Waals surface area contributed by atoms with E-state index in [1.54, 1.807) is 30.3 Å². The Hall–Kier alpha value is -3.05. The lowest BCUT2D eigenvalue weighted by Gasteiger charge is -2.08. The molecule has 0 atom stereocenters. The van der Waals surface area contributed by atoms with Crippen molar-refractivity contribution < 1.29 is 44.3 Å². The van der Waals surface area contributed by atoms with Crippen LogP contribution in [0.5, 0.6) is 0 Å². The molecule has 2 N–H and O–H groups in total. The van der Waals surface area contributed by atoms with Gasteiger partial charge in [-0.15, -0.1) is 0 Å². The van der Waals surface area contributed by atoms with Crippen molar-refractivity contribution in [1.29, 1.82) is 0 Å². The number of imide groups is 1. The van der Waals surface area contributed by atoms with Gasteiger partial charge in [-0.2, -0.15) is 8.42 Å². The molecule has 3 aromatic rings. The third-order valence-corrected chi connectivity index (χ3v) is 5.86. The van der Waals surface area contributed by atoms with Gasteiger partial charge in [0.1, 0.15) is 0 Å². The van der Waals surface area contributed by atoms with E-state index in [1.807, 2.05) is 52.6 Å². The van der Waals surface area contributed by atoms with Gasteiger partial charge < -0.3 is 12.4 Å². The number of pyridine rings is 1. The summed E-state index contributed by atoms with van der Waals surface area (Å²) < 4.78 is 32.3. The highest BCUT2D eigenvalue weighted by atomic mass is 35.5. The van der Waals surface area contributed by atoms with Gasteiger partial charge in [0.25, 0.3) is 16.0 Å². The maximum atomic E-state index is 12.7. The first kappa shape index (κ1) is 26.2. The Morgan fingerprint density at radius 2 is 1.55 bits per heavy atom. The number of hydrogen-bond donors (Lipinski definition) is 2. The molecule has 0 aliphatic rings. The van der Waals surface area contributed by atoms with Crippen LogP contribution in [0.4, 0.5) is 0 Å². The van der Waals surface area contributed by atoms with Crippen LogP contribution in [0.25, 0.3) is 0 Å². The summed E-state index contributed by atoms with van der Waals surface area (Å²) >= 11 is 0.818. The fourth-order valence-corrected chi connectivity index (χ4v) is 4.07. The molecule has 1 heterocycles. The van der Waals surface area contributed by atoms with Crippen molar-refractivity contribution in [2.24, 2.45) is 0 Å². The van der Waals surface area contributed by atoms with Gasteiger partial charge in [0.2, 0.25) is 11.0 Å². The van der Waals surface area contributed by atoms with Crippen LogP contribution in [0, 0.1) is 0 Å². The molecule has 33 heavy (non-hydrogen) atoms. The Bertz CT molecular complexity index is 1250. The molecule has 0 unspecified atom stereocenters. The van der Waals surface area contributed by atoms with Crippen molar-refractivity contribution in [2.45, 2.75) is 11.4 Å². The minimum absolute atomic E-state index is 0. The van der Waals surface area contributed by atoms with Crippen molar-refractivity contribution in [2.75, 3.05) is 5.75 Å². The van der Waals surface area contributed by atoms with E-state index in [1.165, 1.54) is 6.07 Å². The lowest BCUT2D eigenvalue weighted by molar-refractivity contribution is -0.688. The molecule has 0 radical (unpaired) electrons. The fraction of sp³-hybridized carbons (Fsp3) is 0.0909. The molecular weight excluding hydrogens is 488 g/mol. The van der Waals surface area contributed by atoms with E-state index in [0.717, 1.165) is 17.3 Å². The number of rotatable bonds is 7. The van der Waals surface area contributed by atoms with Crippen molar-refractivity contribution in [3.8, 4) is 0 Å². The summed E-state index contributed by atoms with van der Waals surface area (Å²) in [7, 11) is -4.57. The molecule has 0 saturated carbocycles. The average molecular weight is 507 g/mol. The summed E-state index contributed by atoms with van der Waals surface area (Å²) in [6.07, 6.45) is 3.88. The number of hydrogen-bond acceptors (Lipinski definition) is 6. The third-order valence-electron chi connectivity index (χ3n) is 4.23. The summed E-state index contributed by atoms with van der Waals surface area (Å²) in [4.78, 5) is 37.0. The fourth-order valence-electron chi connectivity index (χ4n) is 2.79. The first-order valence-corrected chi connectivity index (χ1v) is 11.8. The zero-order valence-corrected chi connectivity index (χ0v) is 19.4. The average Bonchev–Trinajstić information content (AvgIpc) is 2.74. The van der Waals surface area contributed by atoms with Crippen LogP contribution in [0.15, 0.2) is 84.0 Å². The van der Waals surface area contributed by atoms with Crippen LogP contribution in [0.2, 0.25) is 0 Å². The smallest absolute Gasteiger partial charge is 0.274 e. The highest BCUT2D eigenvalue weighted by Crippen LogP contribution is 2.26. The predicted molar refractivity (Wildman–Crippen MR) is 118 cm³/mol. The third kappa shape index (κ3) is 8.10. The van der Waals surface area contributed by atoms with E-state index in [4.69, 9.17) is 4.55 Å². The normalized spacial score (nSPS) is 10.7. The van der Waals surface area contributed by atoms with E-state index < -0.39 is 27.7 Å². The molecule has 0 aliphatic heterocycles. The van der Waals surface area contributed by atoms with Crippen LogP contribution in [0.1, 0.15) is 26.3 Å². The van der Waals surface area contributed by atoms with Gasteiger partial charge in [-0.3, -0.25) is 24.3 Å². The molecule has 11 heteroatoms. The Labute approximate surface area is 201 Å². The standard InChI is InChI=1S/C22H18N2O6S2.ClH/c25-20(15-32(28,29)30)23-21(26)18-6-2-3-7-19(18)31-22(27)17-10-8-16(9-11-17)14-24-12-4-1-5-13-24;/h1-13H,14-15H2,(H-,23,25,26,28,29,30);1H. The molecule has 8 nitrogen and oxygen atoms in total. The Morgan fingerprint density at radius 1 is 0.909 bits per heavy atom. The van der Waals surface area contributed by atoms with Gasteiger partial charge in [0, 0.05) is 28.2 Å². The van der Waals surface area contributed by atoms with Crippen molar-refractivity contribution >= 4 is 38.8 Å². The number of nitrogens with zero attached hydrogens (tertiary/aromatic N) is 1. The minimum atomic E-state index is -4.57. The molecular formula is C22H19ClN2O6S2. The lowest BCUT2D eigenvalue weighted by atomic mass is 10.1. The maximum absolute atomic E-state index is 12.7. The second kappa shape index (κ2) is 11.7. The largest absolute Gasteiger partial charge is 1.00 e. The SMILES string of the molecule is O=C(CS(=O)(=O)O)NC(=O)c1ccccc1SC(=O)c1ccc(C[n+]2ccccc2)cc1.[Cl-]. The lowest BCUT2D eigenvalue weighted by Crippen LogP contribution is -3.00. The zero-order valence-electron chi connectivity index (χ0n) is 17.0. The van der Waals surface area contributed by atoms with Gasteiger partial charge >= 0.3 is 0 Å². The van der Waals surface area contributed by atoms with E-state index in [-0.39, 0.29) is 23.1 Å². The van der Waals surface area contributed by atoms with Crippen LogP contribution in [-0.4, -0.2) is 35.7 Å². The highest BCUT2D eigenvalue weighted by molar-refractivity contribution is 8.14. The quantitative estimate of drug-likeness (QED) is 0.242. The first-order valence-electron chi connectivity index (χ1n) is 9.35. The maximum Gasteiger partial charge on any atom is 0.274 e. The molecule has 1 aromatic heterocycles. The first-order chi connectivity index (χ1) is 15.2. The van der Waals surface area contributed by atoms with Gasteiger partial charge in [-0.05, 0) is 36.0 Å². The Morgan fingerprint density at radius 3 is 2.18 bits per heavy atom. The zero-order chi connectivity index (χ0) is 23.1. The number of carbonyl (C=O) groups excluding carboxylic acids is 3. The predicted octanol–water partition coefficient (Wildman–Crippen LogP) is -0.897. The number of carbonyl (C=O) groups is 3. The number of benzene rings is 2. The number of amides is 2. The van der Waals surface area contributed by atoms with Crippen molar-refractivity contribution in [1.82, 2.24) is 5.32 Å². The second-order valence-corrected chi connectivity index (χ2v) is 9.20. The van der Waals surface area contributed by atoms with Gasteiger partial charge in [-0.25, -0.2) is 4.57 Å². The Balaban J connectivity index is 0.00000385. The second-order valence-electron chi connectivity index (χ2n) is 6.73. The number of halogens is 1. The summed E-state index contributed by atoms with van der Waals surface area (Å²) in [5.74, 6) is -3.28. The van der Waals surface area contributed by atoms with E-state index >= 15 is 0 Å². The number of nitrogens with one attached hydrogen (secondary N) is 1. The highest BCUT2D eigenvalue weighted by Gasteiger charge is 2.20. The molecule has 0 saturated heterocycles. The van der Waals surface area contributed by atoms with E-state index in [2.05, 4.69) is 0 Å². The minimum Gasteiger partial charge on any atom is -1.00 e. The monoisotopic (exact) mass is 506 g/mol. The van der Waals surface area contributed by atoms with Crippen molar-refractivity contribution in [3.05, 3.63) is 95.8 Å². The van der Waals surface area contributed by atoms with E-state index in [0.29, 0.717) is 17.0 Å². The van der Waals surface area contributed by atoms with Gasteiger partial charge in [0.15, 0.2) is 24.7 Å². The number of aromatic nitrogens is 1. The summed E-state index contributed by atoms with van der Waals surface area (Å²) in [6.45, 7) is 0.656. The van der Waals surface area contributed by atoms with Crippen LogP contribution in [-0.2, 0) is 21.5 Å². The molecule has 0 spiro atoms. The molecule has 0 aliphatic carbocycles. The van der Waals surface area contributed by atoms with E-state index in [9.17, 15) is 22.8 Å². The van der Waals surface area contributed by atoms with Crippen LogP contribution >= 0.6 is 11.8 Å². The molecule has 2 amide bonds. The molecule has 2 aromatic carbocycles. The molecule has 0 bridgehead atoms. The van der Waals surface area contributed by atoms with Crippen molar-refractivity contribution in [3.63, 3.8) is 0 Å². The topological polar surface area (TPSA) is 121 Å². The Kier molecular flexibility index (Phi) is 9.30. The summed E-state index contributed by atoms with van der Waals surface area (Å²) in [6, 6.07) is 19.0. The molecule has 3 rings (SSSR count). The number of thioether (sulfide) groups is 1.